The number of rotatable bonds is 4. The van der Waals surface area contributed by atoms with Crippen molar-refractivity contribution in [3.05, 3.63) is 18.2 Å². The molecule has 1 amide bonds. The van der Waals surface area contributed by atoms with E-state index in [9.17, 15) is 18.0 Å². The van der Waals surface area contributed by atoms with Gasteiger partial charge >= 0.3 is 0 Å². The summed E-state index contributed by atoms with van der Waals surface area (Å²) in [6.07, 6.45) is 2.15. The van der Waals surface area contributed by atoms with E-state index in [4.69, 9.17) is 4.74 Å². The molecule has 31 heavy (non-hydrogen) atoms. The number of hydrogen-bond donors (Lipinski definition) is 2. The number of nitrogens with one attached hydrogen (secondary N) is 2. The Morgan fingerprint density at radius 1 is 1.23 bits per heavy atom. The van der Waals surface area contributed by atoms with Crippen LogP contribution in [0.15, 0.2) is 23.1 Å². The van der Waals surface area contributed by atoms with Crippen LogP contribution in [-0.2, 0) is 19.6 Å². The summed E-state index contributed by atoms with van der Waals surface area (Å²) in [5.41, 5.74) is -0.448. The highest BCUT2D eigenvalue weighted by Gasteiger charge is 2.51. The van der Waals surface area contributed by atoms with Gasteiger partial charge in [-0.1, -0.05) is 13.8 Å². The molecule has 2 heterocycles. The van der Waals surface area contributed by atoms with Gasteiger partial charge in [-0.25, -0.2) is 8.42 Å². The lowest BCUT2D eigenvalue weighted by atomic mass is 9.52. The molecule has 2 aliphatic heterocycles. The summed E-state index contributed by atoms with van der Waals surface area (Å²) in [6, 6.07) is 4.85. The number of ketones is 1. The van der Waals surface area contributed by atoms with Crippen molar-refractivity contribution in [3.8, 4) is 5.75 Å². The Morgan fingerprint density at radius 2 is 1.90 bits per heavy atom. The maximum atomic E-state index is 12.9. The lowest BCUT2D eigenvalue weighted by Crippen LogP contribution is -2.62. The van der Waals surface area contributed by atoms with Crippen LogP contribution in [0.3, 0.4) is 0 Å². The molecule has 2 atom stereocenters. The smallest absolute Gasteiger partial charge is 0.244 e. The topological polar surface area (TPSA) is 105 Å². The van der Waals surface area contributed by atoms with Gasteiger partial charge in [-0.3, -0.25) is 9.59 Å². The molecule has 2 N–H and O–H groups in total. The number of carbonyl (C=O) groups excluding carboxylic acids is 2. The van der Waals surface area contributed by atoms with E-state index >= 15 is 0 Å². The van der Waals surface area contributed by atoms with Gasteiger partial charge in [0.25, 0.3) is 0 Å². The van der Waals surface area contributed by atoms with Crippen molar-refractivity contribution in [2.45, 2.75) is 57.0 Å². The highest BCUT2D eigenvalue weighted by atomic mass is 32.2. The summed E-state index contributed by atoms with van der Waals surface area (Å²) in [5, 5.41) is 3.35. The third kappa shape index (κ3) is 3.82. The number of fused-ring (bicyclic) bond motifs is 1. The van der Waals surface area contributed by atoms with Crippen molar-refractivity contribution >= 4 is 27.4 Å². The number of amides is 1. The third-order valence-corrected chi connectivity index (χ3v) is 9.13. The van der Waals surface area contributed by atoms with Crippen molar-refractivity contribution < 1.29 is 22.7 Å². The monoisotopic (exact) mass is 449 g/mol. The van der Waals surface area contributed by atoms with Crippen LogP contribution in [0.25, 0.3) is 0 Å². The zero-order valence-electron chi connectivity index (χ0n) is 18.5. The minimum absolute atomic E-state index is 0.0350. The molecule has 0 radical (unpaired) electrons. The number of ether oxygens (including phenoxy) is 1. The van der Waals surface area contributed by atoms with Crippen LogP contribution in [0.2, 0.25) is 0 Å². The summed E-state index contributed by atoms with van der Waals surface area (Å²) in [4.78, 5) is 26.7. The van der Waals surface area contributed by atoms with E-state index < -0.39 is 15.7 Å². The van der Waals surface area contributed by atoms with E-state index in [2.05, 4.69) is 23.9 Å². The van der Waals surface area contributed by atoms with Gasteiger partial charge in [-0.05, 0) is 36.8 Å². The molecule has 2 fully saturated rings. The molecule has 3 aliphatic rings. The molecule has 1 saturated heterocycles. The Balaban J connectivity index is 1.41. The molecule has 0 unspecified atom stereocenters. The van der Waals surface area contributed by atoms with Crippen molar-refractivity contribution in [1.82, 2.24) is 9.62 Å². The molecule has 0 bridgehead atoms. The minimum atomic E-state index is -3.66. The molecule has 8 nitrogen and oxygen atoms in total. The first-order chi connectivity index (χ1) is 14.5. The summed E-state index contributed by atoms with van der Waals surface area (Å²) >= 11 is 0. The maximum absolute atomic E-state index is 12.9. The highest BCUT2D eigenvalue weighted by Crippen LogP contribution is 2.53. The fourth-order valence-electron chi connectivity index (χ4n) is 5.32. The van der Waals surface area contributed by atoms with Crippen LogP contribution in [0.4, 0.5) is 5.69 Å². The molecule has 4 rings (SSSR count). The van der Waals surface area contributed by atoms with E-state index in [1.165, 1.54) is 6.07 Å². The van der Waals surface area contributed by atoms with Crippen LogP contribution in [-0.4, -0.2) is 50.9 Å². The molecule has 0 aromatic heterocycles. The minimum Gasteiger partial charge on any atom is -0.497 e. The van der Waals surface area contributed by atoms with E-state index in [-0.39, 0.29) is 33.8 Å². The average molecular weight is 450 g/mol. The zero-order valence-corrected chi connectivity index (χ0v) is 19.3. The fraction of sp³-hybridized carbons (Fsp3) is 0.636. The molecule has 170 valence electrons. The van der Waals surface area contributed by atoms with Gasteiger partial charge in [0.05, 0.1) is 12.8 Å². The van der Waals surface area contributed by atoms with Crippen LogP contribution < -0.4 is 14.8 Å². The van der Waals surface area contributed by atoms with Crippen molar-refractivity contribution in [2.75, 3.05) is 25.5 Å². The molecule has 1 aromatic carbocycles. The Hall–Kier alpha value is -2.13. The SMILES string of the molecule is COc1ccc2c(c1)NC1(CCN(C(=O)C[C@H]3C[C@@H](C(C)=O)C3(C)C)CC1)NS2(=O)=O. The molecule has 1 spiro atoms. The number of benzene rings is 1. The molecular formula is C22H31N3O5S. The zero-order chi connectivity index (χ0) is 22.6. The number of hydrogen-bond acceptors (Lipinski definition) is 6. The summed E-state index contributed by atoms with van der Waals surface area (Å²) < 4.78 is 33.7. The Bertz CT molecular complexity index is 1010. The number of methoxy groups -OCH3 is 1. The van der Waals surface area contributed by atoms with Crippen molar-refractivity contribution in [1.29, 1.82) is 0 Å². The molecule has 1 saturated carbocycles. The second-order valence-electron chi connectivity index (χ2n) is 9.68. The van der Waals surface area contributed by atoms with Crippen LogP contribution in [0.1, 0.15) is 46.5 Å². The lowest BCUT2D eigenvalue weighted by Gasteiger charge is -2.52. The van der Waals surface area contributed by atoms with Gasteiger partial charge < -0.3 is 15.0 Å². The fourth-order valence-corrected chi connectivity index (χ4v) is 6.85. The van der Waals surface area contributed by atoms with Crippen LogP contribution in [0.5, 0.6) is 5.75 Å². The summed E-state index contributed by atoms with van der Waals surface area (Å²) in [6.45, 7) is 6.70. The van der Waals surface area contributed by atoms with Crippen molar-refractivity contribution in [3.63, 3.8) is 0 Å². The predicted octanol–water partition coefficient (Wildman–Crippen LogP) is 2.36. The predicted molar refractivity (Wildman–Crippen MR) is 116 cm³/mol. The average Bonchev–Trinajstić information content (AvgIpc) is 2.69. The number of anilines is 1. The first kappa shape index (κ1) is 22.1. The van der Waals surface area contributed by atoms with Gasteiger partial charge in [0.2, 0.25) is 15.9 Å². The van der Waals surface area contributed by atoms with Gasteiger partial charge in [0, 0.05) is 44.3 Å². The van der Waals surface area contributed by atoms with Crippen LogP contribution in [0, 0.1) is 17.3 Å². The van der Waals surface area contributed by atoms with Gasteiger partial charge in [0.15, 0.2) is 0 Å². The normalized spacial score (nSPS) is 27.5. The first-order valence-corrected chi connectivity index (χ1v) is 12.2. The van der Waals surface area contributed by atoms with Gasteiger partial charge in [0.1, 0.15) is 22.1 Å². The first-order valence-electron chi connectivity index (χ1n) is 10.8. The van der Waals surface area contributed by atoms with Crippen molar-refractivity contribution in [2.24, 2.45) is 17.3 Å². The molecular weight excluding hydrogens is 418 g/mol. The molecule has 1 aromatic rings. The lowest BCUT2D eigenvalue weighted by molar-refractivity contribution is -0.146. The number of carbonyl (C=O) groups is 2. The van der Waals surface area contributed by atoms with E-state index in [1.54, 1.807) is 26.2 Å². The maximum Gasteiger partial charge on any atom is 0.244 e. The third-order valence-electron chi connectivity index (χ3n) is 7.53. The largest absolute Gasteiger partial charge is 0.497 e. The Morgan fingerprint density at radius 3 is 2.48 bits per heavy atom. The Labute approximate surface area is 183 Å². The van der Waals surface area contributed by atoms with E-state index in [0.717, 1.165) is 6.42 Å². The number of likely N-dealkylation sites (tertiary alicyclic amines) is 1. The molecule has 9 heteroatoms. The van der Waals surface area contributed by atoms with E-state index in [1.807, 2.05) is 4.90 Å². The van der Waals surface area contributed by atoms with E-state index in [0.29, 0.717) is 43.8 Å². The Kier molecular flexibility index (Phi) is 5.33. The van der Waals surface area contributed by atoms with Gasteiger partial charge in [-0.15, -0.1) is 0 Å². The number of nitrogens with zero attached hydrogens (tertiary/aromatic N) is 1. The highest BCUT2D eigenvalue weighted by molar-refractivity contribution is 7.89. The van der Waals surface area contributed by atoms with Gasteiger partial charge in [-0.2, -0.15) is 4.72 Å². The molecule has 1 aliphatic carbocycles. The summed E-state index contributed by atoms with van der Waals surface area (Å²) in [7, 11) is -2.12. The second kappa shape index (κ2) is 7.48. The standard InChI is InChI=1S/C22H31N3O5S/c1-14(26)17-11-15(21(17,2)3)12-20(27)25-9-7-22(8-10-25)23-18-13-16(30-4)5-6-19(18)31(28,29)24-22/h5-6,13,15,17,23-24H,7-12H2,1-4H3/t15-,17+/m1/s1. The number of Topliss-reactive ketones (excluding diaryl/α,β-unsaturated/α-hetero) is 1. The number of sulfonamides is 1. The summed E-state index contributed by atoms with van der Waals surface area (Å²) in [5.74, 6) is 1.10. The van der Waals surface area contributed by atoms with Crippen LogP contribution >= 0.6 is 0 Å². The number of piperidine rings is 1. The second-order valence-corrected chi connectivity index (χ2v) is 11.3. The quantitative estimate of drug-likeness (QED) is 0.731.